The van der Waals surface area contributed by atoms with Crippen LogP contribution in [0.25, 0.3) is 0 Å². The molecule has 0 aromatic carbocycles. The maximum Gasteiger partial charge on any atom is 0.305 e. The maximum atomic E-state index is 12.5. The molecule has 6 nitrogen and oxygen atoms in total. The molecule has 0 fully saturated rings. The Labute approximate surface area is 500 Å². The highest BCUT2D eigenvalue weighted by Gasteiger charge is 2.20. The lowest BCUT2D eigenvalue weighted by Gasteiger charge is -2.22. The summed E-state index contributed by atoms with van der Waals surface area (Å²) in [5, 5.41) is 23.4. The Hall–Kier alpha value is -1.92. The van der Waals surface area contributed by atoms with Gasteiger partial charge in [-0.15, -0.1) is 0 Å². The molecule has 80 heavy (non-hydrogen) atoms. The van der Waals surface area contributed by atoms with E-state index in [1.807, 2.05) is 0 Å². The lowest BCUT2D eigenvalue weighted by Crippen LogP contribution is -2.45. The van der Waals surface area contributed by atoms with Crippen LogP contribution in [-0.4, -0.2) is 47.4 Å². The van der Waals surface area contributed by atoms with Crippen LogP contribution >= 0.6 is 0 Å². The second-order valence-corrected chi connectivity index (χ2v) is 24.9. The summed E-state index contributed by atoms with van der Waals surface area (Å²) in [7, 11) is 0. The molecule has 0 aliphatic heterocycles. The van der Waals surface area contributed by atoms with E-state index in [-0.39, 0.29) is 18.5 Å². The summed E-state index contributed by atoms with van der Waals surface area (Å²) < 4.78 is 5.50. The quantitative estimate of drug-likeness (QED) is 0.0320. The number of aliphatic hydroxyl groups is 2. The largest absolute Gasteiger partial charge is 0.466 e. The number of nitrogens with one attached hydrogen (secondary N) is 1. The van der Waals surface area contributed by atoms with Crippen molar-refractivity contribution in [3.63, 3.8) is 0 Å². The van der Waals surface area contributed by atoms with Crippen LogP contribution in [0.2, 0.25) is 0 Å². The van der Waals surface area contributed by atoms with Crippen LogP contribution < -0.4 is 5.32 Å². The molecule has 0 saturated heterocycles. The first-order valence-corrected chi connectivity index (χ1v) is 36.2. The summed E-state index contributed by atoms with van der Waals surface area (Å²) in [5.41, 5.74) is 0. The van der Waals surface area contributed by atoms with E-state index in [0.717, 1.165) is 51.4 Å². The predicted octanol–water partition coefficient (Wildman–Crippen LogP) is 23.5. The molecule has 0 spiro atoms. The van der Waals surface area contributed by atoms with Crippen molar-refractivity contribution in [1.29, 1.82) is 0 Å². The molecule has 2 atom stereocenters. The second-order valence-electron chi connectivity index (χ2n) is 24.9. The minimum Gasteiger partial charge on any atom is -0.466 e. The second kappa shape index (κ2) is 69.6. The fourth-order valence-electron chi connectivity index (χ4n) is 11.4. The lowest BCUT2D eigenvalue weighted by atomic mass is 10.0. The van der Waals surface area contributed by atoms with Crippen molar-refractivity contribution in [2.75, 3.05) is 13.2 Å². The maximum absolute atomic E-state index is 12.5. The lowest BCUT2D eigenvalue weighted by molar-refractivity contribution is -0.143. The third kappa shape index (κ3) is 65.2. The van der Waals surface area contributed by atoms with Crippen LogP contribution in [0.5, 0.6) is 0 Å². The molecule has 0 heterocycles. The van der Waals surface area contributed by atoms with Gasteiger partial charge in [0.1, 0.15) is 0 Å². The molecule has 0 aromatic heterocycles. The molecule has 472 valence electrons. The summed E-state index contributed by atoms with van der Waals surface area (Å²) in [6, 6.07) is -0.543. The fraction of sp³-hybridized carbons (Fsp3) is 0.892. The van der Waals surface area contributed by atoms with E-state index in [0.29, 0.717) is 25.9 Å². The molecular weight excluding hydrogens is 983 g/mol. The highest BCUT2D eigenvalue weighted by molar-refractivity contribution is 5.76. The van der Waals surface area contributed by atoms with Crippen LogP contribution in [0.15, 0.2) is 36.5 Å². The van der Waals surface area contributed by atoms with Gasteiger partial charge in [-0.3, -0.25) is 9.59 Å². The number of rotatable bonds is 68. The summed E-state index contributed by atoms with van der Waals surface area (Å²) in [4.78, 5) is 24.6. The molecule has 3 N–H and O–H groups in total. The molecule has 0 radical (unpaired) electrons. The van der Waals surface area contributed by atoms with Crippen molar-refractivity contribution in [2.24, 2.45) is 0 Å². The average Bonchev–Trinajstić information content (AvgIpc) is 3.46. The summed E-state index contributed by atoms with van der Waals surface area (Å²) in [5.74, 6) is -0.0240. The zero-order chi connectivity index (χ0) is 57.8. The third-order valence-electron chi connectivity index (χ3n) is 16.9. The fourth-order valence-corrected chi connectivity index (χ4v) is 11.4. The number of aliphatic hydroxyl groups excluding tert-OH is 2. The third-order valence-corrected chi connectivity index (χ3v) is 16.9. The smallest absolute Gasteiger partial charge is 0.305 e. The Balaban J connectivity index is 3.38. The monoisotopic (exact) mass is 1120 g/mol. The van der Waals surface area contributed by atoms with Gasteiger partial charge in [0.15, 0.2) is 0 Å². The molecule has 0 bridgehead atoms. The van der Waals surface area contributed by atoms with Crippen molar-refractivity contribution < 1.29 is 24.5 Å². The first kappa shape index (κ1) is 78.1. The van der Waals surface area contributed by atoms with Crippen molar-refractivity contribution in [3.05, 3.63) is 36.5 Å². The van der Waals surface area contributed by atoms with E-state index >= 15 is 0 Å². The summed E-state index contributed by atoms with van der Waals surface area (Å²) in [6.45, 7) is 4.97. The number of esters is 1. The highest BCUT2D eigenvalue weighted by atomic mass is 16.5. The van der Waals surface area contributed by atoms with Crippen molar-refractivity contribution >= 4 is 11.9 Å². The Kier molecular flexibility index (Phi) is 67.9. The topological polar surface area (TPSA) is 95.9 Å². The van der Waals surface area contributed by atoms with Gasteiger partial charge in [0.2, 0.25) is 5.91 Å². The minimum absolute atomic E-state index is 0.00836. The van der Waals surface area contributed by atoms with Gasteiger partial charge in [0.05, 0.1) is 25.4 Å². The summed E-state index contributed by atoms with van der Waals surface area (Å²) >= 11 is 0. The Morgan fingerprint density at radius 3 is 0.975 bits per heavy atom. The minimum atomic E-state index is -0.666. The van der Waals surface area contributed by atoms with E-state index in [9.17, 15) is 19.8 Å². The van der Waals surface area contributed by atoms with Crippen LogP contribution in [0, 0.1) is 0 Å². The number of carbonyl (C=O) groups excluding carboxylic acids is 2. The standard InChI is InChI=1S/C74H141NO5/c1-3-5-7-9-11-13-15-17-19-21-34-38-42-46-50-54-58-62-66-72(77)71(70-76)75-73(78)67-63-59-55-51-47-43-39-35-32-30-28-26-24-23-25-27-29-31-33-37-41-45-49-53-57-61-65-69-80-74(79)68-64-60-56-52-48-44-40-36-22-20-18-16-14-12-10-8-6-4-2/h14,16,20,22-24,71-72,76-77H,3-13,15,17-19,21,25-70H2,1-2H3,(H,75,78)/b16-14-,22-20-,24-23-. The number of amides is 1. The van der Waals surface area contributed by atoms with Crippen LogP contribution in [-0.2, 0) is 14.3 Å². The molecule has 2 unspecified atom stereocenters. The van der Waals surface area contributed by atoms with E-state index in [4.69, 9.17) is 4.74 Å². The predicted molar refractivity (Wildman–Crippen MR) is 352 cm³/mol. The number of hydrogen-bond acceptors (Lipinski definition) is 5. The van der Waals surface area contributed by atoms with Gasteiger partial charge in [-0.1, -0.05) is 339 Å². The molecule has 0 aliphatic rings. The van der Waals surface area contributed by atoms with Gasteiger partial charge in [-0.25, -0.2) is 0 Å². The zero-order valence-corrected chi connectivity index (χ0v) is 54.1. The highest BCUT2D eigenvalue weighted by Crippen LogP contribution is 2.19. The molecule has 1 amide bonds. The van der Waals surface area contributed by atoms with Gasteiger partial charge < -0.3 is 20.3 Å². The van der Waals surface area contributed by atoms with E-state index in [1.54, 1.807) is 0 Å². The zero-order valence-electron chi connectivity index (χ0n) is 54.1. The normalized spacial score (nSPS) is 12.7. The van der Waals surface area contributed by atoms with E-state index < -0.39 is 12.1 Å². The molecular formula is C74H141NO5. The van der Waals surface area contributed by atoms with Crippen LogP contribution in [0.3, 0.4) is 0 Å². The Bertz CT molecular complexity index is 1300. The number of carbonyl (C=O) groups is 2. The van der Waals surface area contributed by atoms with Crippen molar-refractivity contribution in [2.45, 2.75) is 411 Å². The van der Waals surface area contributed by atoms with Gasteiger partial charge in [-0.2, -0.15) is 0 Å². The number of unbranched alkanes of at least 4 members (excludes halogenated alkanes) is 51. The SMILES string of the molecule is CCCCCC/C=C\C/C=C\CCCCCCCCCC(=O)OCCCCCCCCCCCCCC/C=C\CCCCCCCCCCCCCC(=O)NC(CO)C(O)CCCCCCCCCCCCCCCCCCCC. The molecule has 0 saturated carbocycles. The van der Waals surface area contributed by atoms with Crippen molar-refractivity contribution in [1.82, 2.24) is 5.32 Å². The Morgan fingerprint density at radius 1 is 0.350 bits per heavy atom. The molecule has 6 heteroatoms. The Morgan fingerprint density at radius 2 is 0.625 bits per heavy atom. The molecule has 0 aromatic rings. The first-order valence-electron chi connectivity index (χ1n) is 36.2. The number of ether oxygens (including phenoxy) is 1. The van der Waals surface area contributed by atoms with E-state index in [2.05, 4.69) is 55.6 Å². The van der Waals surface area contributed by atoms with Crippen LogP contribution in [0.4, 0.5) is 0 Å². The van der Waals surface area contributed by atoms with Gasteiger partial charge >= 0.3 is 5.97 Å². The van der Waals surface area contributed by atoms with Gasteiger partial charge in [-0.05, 0) is 83.5 Å². The van der Waals surface area contributed by atoms with Gasteiger partial charge in [0.25, 0.3) is 0 Å². The first-order chi connectivity index (χ1) is 39.5. The molecule has 0 rings (SSSR count). The van der Waals surface area contributed by atoms with E-state index in [1.165, 1.54) is 315 Å². The number of allylic oxidation sites excluding steroid dienone is 6. The van der Waals surface area contributed by atoms with Gasteiger partial charge in [0, 0.05) is 12.8 Å². The number of hydrogen-bond donors (Lipinski definition) is 3. The molecule has 0 aliphatic carbocycles. The van der Waals surface area contributed by atoms with Crippen molar-refractivity contribution in [3.8, 4) is 0 Å². The van der Waals surface area contributed by atoms with Crippen LogP contribution in [0.1, 0.15) is 399 Å². The average molecular weight is 1120 g/mol. The summed E-state index contributed by atoms with van der Waals surface area (Å²) in [6.07, 6.45) is 89.1.